The summed E-state index contributed by atoms with van der Waals surface area (Å²) in [5, 5.41) is 5.12. The minimum absolute atomic E-state index is 0.179. The summed E-state index contributed by atoms with van der Waals surface area (Å²) in [6.07, 6.45) is 3.68. The maximum absolute atomic E-state index is 11.9. The molecule has 2 aromatic rings. The van der Waals surface area contributed by atoms with Crippen molar-refractivity contribution in [3.8, 4) is 0 Å². The Bertz CT molecular complexity index is 651. The summed E-state index contributed by atoms with van der Waals surface area (Å²) in [7, 11) is 0. The molecule has 1 aliphatic heterocycles. The van der Waals surface area contributed by atoms with Crippen LogP contribution in [0.2, 0.25) is 0 Å². The summed E-state index contributed by atoms with van der Waals surface area (Å²) in [4.78, 5) is 18.3. The molecule has 1 fully saturated rings. The molecule has 0 unspecified atom stereocenters. The number of piperazine rings is 1. The first kappa shape index (κ1) is 20.1. The second-order valence-corrected chi connectivity index (χ2v) is 8.27. The number of hydrogen-bond acceptors (Lipinski definition) is 4. The highest BCUT2D eigenvalue weighted by Gasteiger charge is 2.16. The molecular formula is C22H31N3OS. The number of carbonyl (C=O) groups excluding carboxylic acids is 1. The Balaban J connectivity index is 1.20. The van der Waals surface area contributed by atoms with E-state index in [1.807, 2.05) is 6.07 Å². The Morgan fingerprint density at radius 3 is 2.48 bits per heavy atom. The molecular weight excluding hydrogens is 354 g/mol. The molecule has 3 rings (SSSR count). The van der Waals surface area contributed by atoms with Crippen molar-refractivity contribution in [3.05, 3.63) is 58.3 Å². The molecule has 1 aromatic heterocycles. The Morgan fingerprint density at radius 1 is 0.963 bits per heavy atom. The van der Waals surface area contributed by atoms with Crippen LogP contribution in [0.5, 0.6) is 0 Å². The SMILES string of the molecule is O=C(CCc1cccs1)NCCCCN1CCN(Cc2ccccc2)CC1. The van der Waals surface area contributed by atoms with E-state index in [1.165, 1.54) is 10.4 Å². The van der Waals surface area contributed by atoms with Crippen LogP contribution in [0.25, 0.3) is 0 Å². The highest BCUT2D eigenvalue weighted by atomic mass is 32.1. The van der Waals surface area contributed by atoms with Gasteiger partial charge in [0.25, 0.3) is 0 Å². The largest absolute Gasteiger partial charge is 0.356 e. The number of amides is 1. The summed E-state index contributed by atoms with van der Waals surface area (Å²) >= 11 is 1.72. The average Bonchev–Trinajstić information content (AvgIpc) is 3.22. The van der Waals surface area contributed by atoms with Crippen LogP contribution in [0.3, 0.4) is 0 Å². The molecule has 0 atom stereocenters. The van der Waals surface area contributed by atoms with Crippen LogP contribution in [-0.2, 0) is 17.8 Å². The highest BCUT2D eigenvalue weighted by Crippen LogP contribution is 2.11. The van der Waals surface area contributed by atoms with Crippen LogP contribution in [0.1, 0.15) is 29.7 Å². The maximum atomic E-state index is 11.9. The van der Waals surface area contributed by atoms with Gasteiger partial charge in [-0.1, -0.05) is 36.4 Å². The lowest BCUT2D eigenvalue weighted by atomic mass is 10.2. The van der Waals surface area contributed by atoms with Crippen LogP contribution >= 0.6 is 11.3 Å². The molecule has 1 amide bonds. The number of nitrogens with zero attached hydrogens (tertiary/aromatic N) is 2. The second kappa shape index (κ2) is 11.2. The van der Waals surface area contributed by atoms with Gasteiger partial charge in [-0.25, -0.2) is 0 Å². The molecule has 1 aromatic carbocycles. The van der Waals surface area contributed by atoms with Crippen molar-refractivity contribution in [2.24, 2.45) is 0 Å². The van der Waals surface area contributed by atoms with Gasteiger partial charge in [-0.3, -0.25) is 9.69 Å². The van der Waals surface area contributed by atoms with Crippen molar-refractivity contribution in [3.63, 3.8) is 0 Å². The van der Waals surface area contributed by atoms with Gasteiger partial charge in [0.15, 0.2) is 0 Å². The van der Waals surface area contributed by atoms with E-state index in [0.29, 0.717) is 6.42 Å². The third-order valence-corrected chi connectivity index (χ3v) is 6.05. The van der Waals surface area contributed by atoms with E-state index < -0.39 is 0 Å². The maximum Gasteiger partial charge on any atom is 0.220 e. The summed E-state index contributed by atoms with van der Waals surface area (Å²) in [6.45, 7) is 7.61. The molecule has 1 aliphatic rings. The molecule has 146 valence electrons. The summed E-state index contributed by atoms with van der Waals surface area (Å²) < 4.78 is 0. The quantitative estimate of drug-likeness (QED) is 0.637. The van der Waals surface area contributed by atoms with E-state index in [2.05, 4.69) is 56.9 Å². The predicted octanol–water partition coefficient (Wildman–Crippen LogP) is 3.39. The van der Waals surface area contributed by atoms with Crippen molar-refractivity contribution >= 4 is 17.2 Å². The first-order valence-electron chi connectivity index (χ1n) is 10.1. The van der Waals surface area contributed by atoms with Gasteiger partial charge in [0.1, 0.15) is 0 Å². The van der Waals surface area contributed by atoms with Crippen LogP contribution in [0.15, 0.2) is 47.8 Å². The van der Waals surface area contributed by atoms with Gasteiger partial charge in [-0.05, 0) is 42.8 Å². The monoisotopic (exact) mass is 385 g/mol. The molecule has 27 heavy (non-hydrogen) atoms. The number of rotatable bonds is 10. The highest BCUT2D eigenvalue weighted by molar-refractivity contribution is 7.09. The van der Waals surface area contributed by atoms with Gasteiger partial charge in [0.2, 0.25) is 5.91 Å². The first-order valence-corrected chi connectivity index (χ1v) is 11.0. The molecule has 0 radical (unpaired) electrons. The fourth-order valence-electron chi connectivity index (χ4n) is 3.48. The van der Waals surface area contributed by atoms with E-state index in [1.54, 1.807) is 11.3 Å². The zero-order chi connectivity index (χ0) is 18.7. The number of unbranched alkanes of at least 4 members (excludes halogenated alkanes) is 1. The van der Waals surface area contributed by atoms with Crippen LogP contribution in [0, 0.1) is 0 Å². The molecule has 4 nitrogen and oxygen atoms in total. The van der Waals surface area contributed by atoms with Crippen molar-refractivity contribution in [2.45, 2.75) is 32.2 Å². The number of thiophene rings is 1. The molecule has 1 N–H and O–H groups in total. The minimum Gasteiger partial charge on any atom is -0.356 e. The van der Waals surface area contributed by atoms with Gasteiger partial charge in [-0.2, -0.15) is 0 Å². The van der Waals surface area contributed by atoms with Gasteiger partial charge in [-0.15, -0.1) is 11.3 Å². The van der Waals surface area contributed by atoms with Crippen molar-refractivity contribution in [2.75, 3.05) is 39.3 Å². The lowest BCUT2D eigenvalue weighted by Crippen LogP contribution is -2.46. The van der Waals surface area contributed by atoms with Crippen molar-refractivity contribution in [1.29, 1.82) is 0 Å². The minimum atomic E-state index is 0.179. The Hall–Kier alpha value is -1.69. The van der Waals surface area contributed by atoms with E-state index in [4.69, 9.17) is 0 Å². The zero-order valence-corrected chi connectivity index (χ0v) is 16.9. The zero-order valence-electron chi connectivity index (χ0n) is 16.1. The smallest absolute Gasteiger partial charge is 0.220 e. The Kier molecular flexibility index (Phi) is 8.33. The second-order valence-electron chi connectivity index (χ2n) is 7.24. The average molecular weight is 386 g/mol. The number of hydrogen-bond donors (Lipinski definition) is 1. The Labute approximate surface area is 167 Å². The third-order valence-electron chi connectivity index (χ3n) is 5.12. The summed E-state index contributed by atoms with van der Waals surface area (Å²) in [6, 6.07) is 14.9. The molecule has 5 heteroatoms. The lowest BCUT2D eigenvalue weighted by molar-refractivity contribution is -0.121. The van der Waals surface area contributed by atoms with Crippen molar-refractivity contribution < 1.29 is 4.79 Å². The fourth-order valence-corrected chi connectivity index (χ4v) is 4.19. The van der Waals surface area contributed by atoms with E-state index in [-0.39, 0.29) is 5.91 Å². The summed E-state index contributed by atoms with van der Waals surface area (Å²) in [5.41, 5.74) is 1.40. The lowest BCUT2D eigenvalue weighted by Gasteiger charge is -2.34. The van der Waals surface area contributed by atoms with Gasteiger partial charge in [0, 0.05) is 50.6 Å². The van der Waals surface area contributed by atoms with Gasteiger partial charge >= 0.3 is 0 Å². The van der Waals surface area contributed by atoms with Crippen LogP contribution in [-0.4, -0.2) is 55.0 Å². The van der Waals surface area contributed by atoms with Crippen LogP contribution < -0.4 is 5.32 Å². The van der Waals surface area contributed by atoms with E-state index >= 15 is 0 Å². The molecule has 0 aliphatic carbocycles. The number of carbonyl (C=O) groups is 1. The number of benzene rings is 1. The first-order chi connectivity index (χ1) is 13.3. The van der Waals surface area contributed by atoms with E-state index in [0.717, 1.165) is 65.1 Å². The molecule has 1 saturated heterocycles. The molecule has 0 spiro atoms. The van der Waals surface area contributed by atoms with Gasteiger partial charge in [0.05, 0.1) is 0 Å². The topological polar surface area (TPSA) is 35.6 Å². The molecule has 2 heterocycles. The number of nitrogens with one attached hydrogen (secondary N) is 1. The fraction of sp³-hybridized carbons (Fsp3) is 0.500. The Morgan fingerprint density at radius 2 is 1.74 bits per heavy atom. The third kappa shape index (κ3) is 7.45. The standard InChI is InChI=1S/C22H31N3OS/c26-22(11-10-21-9-6-18-27-21)23-12-4-5-13-24-14-16-25(17-15-24)19-20-7-2-1-3-8-20/h1-3,6-9,18H,4-5,10-17,19H2,(H,23,26). The molecule has 0 bridgehead atoms. The van der Waals surface area contributed by atoms with Gasteiger partial charge < -0.3 is 10.2 Å². The summed E-state index contributed by atoms with van der Waals surface area (Å²) in [5.74, 6) is 0.179. The molecule has 0 saturated carbocycles. The predicted molar refractivity (Wildman–Crippen MR) is 113 cm³/mol. The van der Waals surface area contributed by atoms with Crippen LogP contribution in [0.4, 0.5) is 0 Å². The van der Waals surface area contributed by atoms with Crippen molar-refractivity contribution in [1.82, 2.24) is 15.1 Å². The van der Waals surface area contributed by atoms with E-state index in [9.17, 15) is 4.79 Å². The number of aryl methyl sites for hydroxylation is 1. The normalized spacial score (nSPS) is 15.7.